The molecule has 0 radical (unpaired) electrons. The predicted octanol–water partition coefficient (Wildman–Crippen LogP) is 3.50. The number of fused-ring (bicyclic) bond motifs is 1. The summed E-state index contributed by atoms with van der Waals surface area (Å²) in [6.45, 7) is 10.4. The molecule has 1 aliphatic carbocycles. The Morgan fingerprint density at radius 2 is 2.23 bits per heavy atom. The topological polar surface area (TPSA) is 63.1 Å². The molecule has 3 heterocycles. The van der Waals surface area contributed by atoms with Crippen molar-refractivity contribution in [1.29, 1.82) is 0 Å². The molecule has 26 heavy (non-hydrogen) atoms. The zero-order valence-electron chi connectivity index (χ0n) is 15.8. The molecule has 0 spiro atoms. The molecule has 0 bridgehead atoms. The molecule has 0 aromatic carbocycles. The zero-order chi connectivity index (χ0) is 18.3. The van der Waals surface area contributed by atoms with Gasteiger partial charge in [-0.05, 0) is 25.3 Å². The van der Waals surface area contributed by atoms with E-state index in [1.54, 1.807) is 17.5 Å². The molecule has 2 aliphatic rings. The van der Waals surface area contributed by atoms with Crippen molar-refractivity contribution in [3.63, 3.8) is 0 Å². The van der Waals surface area contributed by atoms with Crippen molar-refractivity contribution in [2.45, 2.75) is 59.0 Å². The zero-order valence-corrected chi connectivity index (χ0v) is 16.6. The number of likely N-dealkylation sites (N-methyl/N-ethyl adjacent to an activating group) is 1. The minimum atomic E-state index is -0.0691. The third-order valence-corrected chi connectivity index (χ3v) is 6.10. The average Bonchev–Trinajstić information content (AvgIpc) is 3.23. The van der Waals surface area contributed by atoms with Gasteiger partial charge in [0.25, 0.3) is 5.91 Å². The summed E-state index contributed by atoms with van der Waals surface area (Å²) in [5.74, 6) is 0.926. The molecule has 2 aromatic rings. The summed E-state index contributed by atoms with van der Waals surface area (Å²) in [6.07, 6.45) is 5.01. The second kappa shape index (κ2) is 7.12. The summed E-state index contributed by atoms with van der Waals surface area (Å²) in [6, 6.07) is 0. The van der Waals surface area contributed by atoms with E-state index in [0.29, 0.717) is 11.8 Å². The van der Waals surface area contributed by atoms with E-state index >= 15 is 0 Å². The van der Waals surface area contributed by atoms with Crippen LogP contribution in [0.5, 0.6) is 0 Å². The Morgan fingerprint density at radius 1 is 1.42 bits per heavy atom. The SMILES string of the molecule is CCN1CCc2nc(NC(=O)c3cnn(CC(C)C)c3C3CC3)sc2C1. The molecule has 1 fully saturated rings. The highest BCUT2D eigenvalue weighted by atomic mass is 32.1. The number of carbonyl (C=O) groups excluding carboxylic acids is 1. The Labute approximate surface area is 158 Å². The third kappa shape index (κ3) is 3.55. The molecule has 7 heteroatoms. The highest BCUT2D eigenvalue weighted by Gasteiger charge is 2.33. The minimum Gasteiger partial charge on any atom is -0.298 e. The number of hydrogen-bond acceptors (Lipinski definition) is 5. The summed E-state index contributed by atoms with van der Waals surface area (Å²) < 4.78 is 2.03. The Morgan fingerprint density at radius 3 is 2.92 bits per heavy atom. The molecule has 0 unspecified atom stereocenters. The van der Waals surface area contributed by atoms with Crippen LogP contribution in [0.15, 0.2) is 6.20 Å². The lowest BCUT2D eigenvalue weighted by atomic mass is 10.1. The maximum Gasteiger partial charge on any atom is 0.260 e. The number of thiazole rings is 1. The number of hydrogen-bond donors (Lipinski definition) is 1. The minimum absolute atomic E-state index is 0.0691. The van der Waals surface area contributed by atoms with Crippen LogP contribution >= 0.6 is 11.3 Å². The van der Waals surface area contributed by atoms with Crippen LogP contribution in [0.1, 0.15) is 66.2 Å². The van der Waals surface area contributed by atoms with Crippen molar-refractivity contribution in [3.05, 3.63) is 28.0 Å². The molecule has 2 aromatic heterocycles. The molecule has 1 N–H and O–H groups in total. The average molecular weight is 374 g/mol. The fraction of sp³-hybridized carbons (Fsp3) is 0.632. The van der Waals surface area contributed by atoms with Crippen LogP contribution < -0.4 is 5.32 Å². The van der Waals surface area contributed by atoms with Gasteiger partial charge in [-0.15, -0.1) is 11.3 Å². The van der Waals surface area contributed by atoms with Gasteiger partial charge in [-0.3, -0.25) is 19.7 Å². The number of carbonyl (C=O) groups is 1. The van der Waals surface area contributed by atoms with Gasteiger partial charge in [0.15, 0.2) is 5.13 Å². The molecule has 140 valence electrons. The van der Waals surface area contributed by atoms with Gasteiger partial charge < -0.3 is 0 Å². The van der Waals surface area contributed by atoms with Gasteiger partial charge in [0.1, 0.15) is 0 Å². The monoisotopic (exact) mass is 373 g/mol. The fourth-order valence-corrected chi connectivity index (χ4v) is 4.63. The summed E-state index contributed by atoms with van der Waals surface area (Å²) in [5.41, 5.74) is 2.97. The summed E-state index contributed by atoms with van der Waals surface area (Å²) in [7, 11) is 0. The lowest BCUT2D eigenvalue weighted by molar-refractivity contribution is 0.102. The molecule has 1 aliphatic heterocycles. The highest BCUT2D eigenvalue weighted by Crippen LogP contribution is 2.42. The summed E-state index contributed by atoms with van der Waals surface area (Å²) >= 11 is 1.61. The number of rotatable bonds is 6. The second-order valence-corrected chi connectivity index (χ2v) is 8.84. The maximum absolute atomic E-state index is 12.9. The number of anilines is 1. The van der Waals surface area contributed by atoms with Gasteiger partial charge in [0.05, 0.1) is 23.1 Å². The molecule has 6 nitrogen and oxygen atoms in total. The Hall–Kier alpha value is -1.73. The van der Waals surface area contributed by atoms with E-state index in [9.17, 15) is 4.79 Å². The van der Waals surface area contributed by atoms with E-state index in [1.165, 1.54) is 4.88 Å². The first kappa shape index (κ1) is 17.7. The third-order valence-electron chi connectivity index (χ3n) is 5.10. The smallest absolute Gasteiger partial charge is 0.260 e. The number of nitrogens with one attached hydrogen (secondary N) is 1. The lowest BCUT2D eigenvalue weighted by Gasteiger charge is -2.23. The van der Waals surface area contributed by atoms with E-state index in [0.717, 1.165) is 67.5 Å². The largest absolute Gasteiger partial charge is 0.298 e. The van der Waals surface area contributed by atoms with Gasteiger partial charge in [0, 0.05) is 36.9 Å². The van der Waals surface area contributed by atoms with Gasteiger partial charge in [0.2, 0.25) is 0 Å². The van der Waals surface area contributed by atoms with E-state index in [4.69, 9.17) is 0 Å². The van der Waals surface area contributed by atoms with Crippen LogP contribution in [0.2, 0.25) is 0 Å². The molecule has 1 amide bonds. The first-order chi connectivity index (χ1) is 12.5. The van der Waals surface area contributed by atoms with Crippen LogP contribution in [-0.4, -0.2) is 38.7 Å². The van der Waals surface area contributed by atoms with Crippen LogP contribution in [0, 0.1) is 5.92 Å². The highest BCUT2D eigenvalue weighted by molar-refractivity contribution is 7.15. The first-order valence-electron chi connectivity index (χ1n) is 9.63. The quantitative estimate of drug-likeness (QED) is 0.842. The van der Waals surface area contributed by atoms with Gasteiger partial charge >= 0.3 is 0 Å². The van der Waals surface area contributed by atoms with Gasteiger partial charge in [-0.1, -0.05) is 20.8 Å². The lowest BCUT2D eigenvalue weighted by Crippen LogP contribution is -2.29. The number of amides is 1. The van der Waals surface area contributed by atoms with E-state index in [2.05, 4.69) is 41.1 Å². The normalized spacial score (nSPS) is 17.5. The van der Waals surface area contributed by atoms with Crippen molar-refractivity contribution in [1.82, 2.24) is 19.7 Å². The summed E-state index contributed by atoms with van der Waals surface area (Å²) in [5, 5.41) is 8.25. The van der Waals surface area contributed by atoms with Crippen molar-refractivity contribution < 1.29 is 4.79 Å². The van der Waals surface area contributed by atoms with E-state index < -0.39 is 0 Å². The Balaban J connectivity index is 1.52. The first-order valence-corrected chi connectivity index (χ1v) is 10.4. The molecule has 1 saturated carbocycles. The van der Waals surface area contributed by atoms with E-state index in [-0.39, 0.29) is 5.91 Å². The Kier molecular flexibility index (Phi) is 4.84. The van der Waals surface area contributed by atoms with E-state index in [1.807, 2.05) is 4.68 Å². The number of nitrogens with zero attached hydrogens (tertiary/aromatic N) is 4. The molecule has 0 atom stereocenters. The van der Waals surface area contributed by atoms with Crippen LogP contribution in [-0.2, 0) is 19.5 Å². The van der Waals surface area contributed by atoms with Gasteiger partial charge in [-0.2, -0.15) is 5.10 Å². The number of aromatic nitrogens is 3. The van der Waals surface area contributed by atoms with Gasteiger partial charge in [-0.25, -0.2) is 4.98 Å². The molecular formula is C19H27N5OS. The van der Waals surface area contributed by atoms with Crippen molar-refractivity contribution in [2.75, 3.05) is 18.4 Å². The Bertz CT molecular complexity index is 805. The molecule has 0 saturated heterocycles. The van der Waals surface area contributed by atoms with Crippen LogP contribution in [0.3, 0.4) is 0 Å². The fourth-order valence-electron chi connectivity index (χ4n) is 3.58. The summed E-state index contributed by atoms with van der Waals surface area (Å²) in [4.78, 5) is 21.2. The second-order valence-electron chi connectivity index (χ2n) is 7.76. The molecule has 4 rings (SSSR count). The van der Waals surface area contributed by atoms with Crippen LogP contribution in [0.25, 0.3) is 0 Å². The predicted molar refractivity (Wildman–Crippen MR) is 104 cm³/mol. The van der Waals surface area contributed by atoms with Crippen molar-refractivity contribution in [3.8, 4) is 0 Å². The standard InChI is InChI=1S/C19H27N5OS/c1-4-23-8-7-15-16(11-23)26-19(21-15)22-18(25)14-9-20-24(10-12(2)3)17(14)13-5-6-13/h9,12-13H,4-8,10-11H2,1-3H3,(H,21,22,25). The van der Waals surface area contributed by atoms with Crippen molar-refractivity contribution in [2.24, 2.45) is 5.92 Å². The maximum atomic E-state index is 12.9. The van der Waals surface area contributed by atoms with Crippen molar-refractivity contribution >= 4 is 22.4 Å². The van der Waals surface area contributed by atoms with Crippen LogP contribution in [0.4, 0.5) is 5.13 Å². The molecular weight excluding hydrogens is 346 g/mol.